The summed E-state index contributed by atoms with van der Waals surface area (Å²) in [5.74, 6) is 0. The first kappa shape index (κ1) is 13.7. The number of benzene rings is 2. The smallest absolute Gasteiger partial charge is 0.151 e. The first-order chi connectivity index (χ1) is 8.60. The van der Waals surface area contributed by atoms with Gasteiger partial charge in [-0.25, -0.2) is 0 Å². The summed E-state index contributed by atoms with van der Waals surface area (Å²) in [5, 5.41) is 0.710. The van der Waals surface area contributed by atoms with E-state index in [1.165, 1.54) is 0 Å². The van der Waals surface area contributed by atoms with Gasteiger partial charge in [0.15, 0.2) is 6.29 Å². The highest BCUT2D eigenvalue weighted by molar-refractivity contribution is 9.10. The van der Waals surface area contributed by atoms with Gasteiger partial charge in [-0.05, 0) is 48.9 Å². The second-order valence-electron chi connectivity index (χ2n) is 3.81. The van der Waals surface area contributed by atoms with Crippen LogP contribution in [-0.4, -0.2) is 6.29 Å². The van der Waals surface area contributed by atoms with Crippen LogP contribution in [0.4, 0.5) is 0 Å². The van der Waals surface area contributed by atoms with Crippen molar-refractivity contribution in [3.8, 4) is 0 Å². The maximum Gasteiger partial charge on any atom is 0.151 e. The van der Waals surface area contributed by atoms with E-state index in [1.54, 1.807) is 11.8 Å². The van der Waals surface area contributed by atoms with Gasteiger partial charge in [0.2, 0.25) is 0 Å². The number of rotatable bonds is 3. The standard InChI is InChI=1S/C14H10BrClOS/c1-9-6-14(10(8-17)7-13(9)15)18-12-4-2-11(16)3-5-12/h2-8H,1H3. The summed E-state index contributed by atoms with van der Waals surface area (Å²) in [6.45, 7) is 2.00. The van der Waals surface area contributed by atoms with Gasteiger partial charge in [0, 0.05) is 24.8 Å². The molecule has 0 heterocycles. The molecule has 2 aromatic rings. The van der Waals surface area contributed by atoms with Gasteiger partial charge in [-0.15, -0.1) is 0 Å². The SMILES string of the molecule is Cc1cc(Sc2ccc(Cl)cc2)c(C=O)cc1Br. The fourth-order valence-electron chi connectivity index (χ4n) is 1.48. The molecule has 0 aliphatic heterocycles. The van der Waals surface area contributed by atoms with Crippen molar-refractivity contribution < 1.29 is 4.79 Å². The zero-order valence-corrected chi connectivity index (χ0v) is 12.8. The van der Waals surface area contributed by atoms with E-state index in [2.05, 4.69) is 15.9 Å². The molecule has 0 bridgehead atoms. The highest BCUT2D eigenvalue weighted by Gasteiger charge is 2.07. The van der Waals surface area contributed by atoms with E-state index in [9.17, 15) is 4.79 Å². The van der Waals surface area contributed by atoms with Gasteiger partial charge in [0.25, 0.3) is 0 Å². The summed E-state index contributed by atoms with van der Waals surface area (Å²) in [5.41, 5.74) is 1.80. The molecular formula is C14H10BrClOS. The molecule has 4 heteroatoms. The summed E-state index contributed by atoms with van der Waals surface area (Å²) in [4.78, 5) is 13.1. The number of aldehydes is 1. The lowest BCUT2D eigenvalue weighted by Gasteiger charge is -2.08. The average Bonchev–Trinajstić information content (AvgIpc) is 2.36. The minimum absolute atomic E-state index is 0.687. The van der Waals surface area contributed by atoms with Crippen LogP contribution in [-0.2, 0) is 0 Å². The molecule has 2 rings (SSSR count). The molecule has 0 saturated heterocycles. The largest absolute Gasteiger partial charge is 0.298 e. The molecule has 2 aromatic carbocycles. The number of aryl methyl sites for hydroxylation is 1. The van der Waals surface area contributed by atoms with E-state index < -0.39 is 0 Å². The minimum Gasteiger partial charge on any atom is -0.298 e. The third-order valence-electron chi connectivity index (χ3n) is 2.46. The predicted molar refractivity (Wildman–Crippen MR) is 79.8 cm³/mol. The minimum atomic E-state index is 0.687. The van der Waals surface area contributed by atoms with Gasteiger partial charge in [-0.1, -0.05) is 39.3 Å². The molecule has 0 spiro atoms. The Labute approximate surface area is 124 Å². The summed E-state index contributed by atoms with van der Waals surface area (Å²) >= 11 is 10.8. The Kier molecular flexibility index (Phi) is 4.49. The molecule has 0 amide bonds. The van der Waals surface area contributed by atoms with Crippen molar-refractivity contribution in [2.75, 3.05) is 0 Å². The average molecular weight is 342 g/mol. The van der Waals surface area contributed by atoms with Crippen LogP contribution in [0.5, 0.6) is 0 Å². The lowest BCUT2D eigenvalue weighted by atomic mass is 10.2. The molecule has 1 nitrogen and oxygen atoms in total. The van der Waals surface area contributed by atoms with Crippen LogP contribution < -0.4 is 0 Å². The summed E-state index contributed by atoms with van der Waals surface area (Å²) < 4.78 is 0.949. The number of hydrogen-bond acceptors (Lipinski definition) is 2. The fourth-order valence-corrected chi connectivity index (χ4v) is 2.95. The van der Waals surface area contributed by atoms with Crippen LogP contribution in [0.2, 0.25) is 5.02 Å². The Morgan fingerprint density at radius 3 is 2.50 bits per heavy atom. The molecule has 0 unspecified atom stereocenters. The Morgan fingerprint density at radius 1 is 1.22 bits per heavy atom. The van der Waals surface area contributed by atoms with Crippen molar-refractivity contribution >= 4 is 45.6 Å². The van der Waals surface area contributed by atoms with Crippen LogP contribution in [0.15, 0.2) is 50.7 Å². The van der Waals surface area contributed by atoms with Gasteiger partial charge >= 0.3 is 0 Å². The Hall–Kier alpha value is -0.770. The predicted octanol–water partition coefficient (Wildman–Crippen LogP) is 5.37. The van der Waals surface area contributed by atoms with Crippen molar-refractivity contribution in [3.63, 3.8) is 0 Å². The quantitative estimate of drug-likeness (QED) is 0.698. The lowest BCUT2D eigenvalue weighted by Crippen LogP contribution is -1.88. The van der Waals surface area contributed by atoms with Crippen molar-refractivity contribution in [1.29, 1.82) is 0 Å². The maximum absolute atomic E-state index is 11.1. The highest BCUT2D eigenvalue weighted by atomic mass is 79.9. The molecule has 0 N–H and O–H groups in total. The van der Waals surface area contributed by atoms with Crippen LogP contribution in [0.1, 0.15) is 15.9 Å². The molecule has 0 aromatic heterocycles. The van der Waals surface area contributed by atoms with Gasteiger partial charge in [0.1, 0.15) is 0 Å². The van der Waals surface area contributed by atoms with Crippen LogP contribution >= 0.6 is 39.3 Å². The maximum atomic E-state index is 11.1. The van der Waals surface area contributed by atoms with Gasteiger partial charge in [0.05, 0.1) is 0 Å². The highest BCUT2D eigenvalue weighted by Crippen LogP contribution is 2.33. The van der Waals surface area contributed by atoms with E-state index in [0.29, 0.717) is 10.6 Å². The molecule has 0 atom stereocenters. The van der Waals surface area contributed by atoms with E-state index in [4.69, 9.17) is 11.6 Å². The monoisotopic (exact) mass is 340 g/mol. The molecule has 0 aliphatic carbocycles. The third kappa shape index (κ3) is 3.16. The first-order valence-electron chi connectivity index (χ1n) is 5.29. The molecule has 0 fully saturated rings. The second-order valence-corrected chi connectivity index (χ2v) is 6.22. The van der Waals surface area contributed by atoms with Crippen LogP contribution in [0, 0.1) is 6.92 Å². The van der Waals surface area contributed by atoms with Gasteiger partial charge < -0.3 is 0 Å². The van der Waals surface area contributed by atoms with E-state index in [1.807, 2.05) is 43.3 Å². The van der Waals surface area contributed by atoms with Crippen molar-refractivity contribution in [3.05, 3.63) is 57.0 Å². The number of halogens is 2. The topological polar surface area (TPSA) is 17.1 Å². The van der Waals surface area contributed by atoms with Crippen LogP contribution in [0.25, 0.3) is 0 Å². The van der Waals surface area contributed by atoms with Crippen molar-refractivity contribution in [2.24, 2.45) is 0 Å². The van der Waals surface area contributed by atoms with Crippen molar-refractivity contribution in [1.82, 2.24) is 0 Å². The molecule has 18 heavy (non-hydrogen) atoms. The van der Waals surface area contributed by atoms with E-state index in [-0.39, 0.29) is 0 Å². The molecular weight excluding hydrogens is 332 g/mol. The zero-order chi connectivity index (χ0) is 13.1. The molecule has 0 saturated carbocycles. The Morgan fingerprint density at radius 2 is 1.89 bits per heavy atom. The fraction of sp³-hybridized carbons (Fsp3) is 0.0714. The van der Waals surface area contributed by atoms with E-state index >= 15 is 0 Å². The molecule has 92 valence electrons. The lowest BCUT2D eigenvalue weighted by molar-refractivity contribution is 0.112. The molecule has 0 aliphatic rings. The second kappa shape index (κ2) is 5.91. The number of hydrogen-bond donors (Lipinski definition) is 0. The number of carbonyl (C=O) groups excluding carboxylic acids is 1. The third-order valence-corrected chi connectivity index (χ3v) is 4.65. The van der Waals surface area contributed by atoms with Crippen molar-refractivity contribution in [2.45, 2.75) is 16.7 Å². The Balaban J connectivity index is 2.36. The number of carbonyl (C=O) groups is 1. The zero-order valence-electron chi connectivity index (χ0n) is 9.61. The van der Waals surface area contributed by atoms with Gasteiger partial charge in [-0.3, -0.25) is 4.79 Å². The first-order valence-corrected chi connectivity index (χ1v) is 7.27. The van der Waals surface area contributed by atoms with Crippen LogP contribution in [0.3, 0.4) is 0 Å². The summed E-state index contributed by atoms with van der Waals surface area (Å²) in [6, 6.07) is 11.4. The Bertz CT molecular complexity index is 581. The molecule has 0 radical (unpaired) electrons. The van der Waals surface area contributed by atoms with E-state index in [0.717, 1.165) is 26.1 Å². The summed E-state index contributed by atoms with van der Waals surface area (Å²) in [7, 11) is 0. The summed E-state index contributed by atoms with van der Waals surface area (Å²) in [6.07, 6.45) is 0.877. The normalized spacial score (nSPS) is 10.4. The van der Waals surface area contributed by atoms with Gasteiger partial charge in [-0.2, -0.15) is 0 Å².